The van der Waals surface area contributed by atoms with Crippen molar-refractivity contribution in [2.24, 2.45) is 0 Å². The number of fused-ring (bicyclic) bond motifs is 4. The third-order valence-electron chi connectivity index (χ3n) is 9.66. The summed E-state index contributed by atoms with van der Waals surface area (Å²) in [5.74, 6) is 0. The molecule has 0 aliphatic rings. The van der Waals surface area contributed by atoms with E-state index in [-0.39, 0.29) is 0 Å². The van der Waals surface area contributed by atoms with Crippen LogP contribution in [0.25, 0.3) is 88.6 Å². The van der Waals surface area contributed by atoms with Crippen molar-refractivity contribution in [3.63, 3.8) is 0 Å². The van der Waals surface area contributed by atoms with Gasteiger partial charge in [-0.05, 0) is 93.7 Å². The third-order valence-corrected chi connectivity index (χ3v) is 9.66. The largest absolute Gasteiger partial charge is 0.0622 e. The molecule has 0 aliphatic carbocycles. The van der Waals surface area contributed by atoms with Crippen molar-refractivity contribution in [1.82, 2.24) is 0 Å². The summed E-state index contributed by atoms with van der Waals surface area (Å²) in [4.78, 5) is 0. The van der Waals surface area contributed by atoms with Crippen molar-refractivity contribution in [3.05, 3.63) is 193 Å². The van der Waals surface area contributed by atoms with Crippen molar-refractivity contribution in [2.75, 3.05) is 0 Å². The monoisotopic (exact) mass is 608 g/mol. The average Bonchev–Trinajstić information content (AvgIpc) is 3.16. The molecule has 0 saturated carbocycles. The van der Waals surface area contributed by atoms with E-state index in [1.165, 1.54) is 87.6 Å². The van der Waals surface area contributed by atoms with Crippen molar-refractivity contribution in [3.8, 4) is 33.4 Å². The summed E-state index contributed by atoms with van der Waals surface area (Å²) >= 11 is 0. The Balaban J connectivity index is 1.17. The van der Waals surface area contributed by atoms with E-state index < -0.39 is 0 Å². The standard InChI is InChI=1S/C48H32/c1-2-12-33(13-3-1)24-25-35-16-10-23-42-40(35)21-11-22-41(42)36-27-29-37(30-28-36)47-43-17-6-8-19-45(43)48(46-20-9-7-18-44(46)47)39-31-26-34-14-4-5-15-38(34)32-39/h1-32H/b25-24+. The van der Waals surface area contributed by atoms with E-state index in [1.807, 2.05) is 0 Å². The first kappa shape index (κ1) is 28.0. The van der Waals surface area contributed by atoms with Crippen LogP contribution in [0.5, 0.6) is 0 Å². The number of hydrogen-bond acceptors (Lipinski definition) is 0. The van der Waals surface area contributed by atoms with Crippen LogP contribution in [-0.2, 0) is 0 Å². The normalized spacial score (nSPS) is 11.7. The third kappa shape index (κ3) is 4.87. The van der Waals surface area contributed by atoms with E-state index >= 15 is 0 Å². The summed E-state index contributed by atoms with van der Waals surface area (Å²) < 4.78 is 0. The Labute approximate surface area is 280 Å². The minimum Gasteiger partial charge on any atom is -0.0622 e. The molecule has 0 nitrogen and oxygen atoms in total. The molecule has 0 heterocycles. The highest BCUT2D eigenvalue weighted by Gasteiger charge is 2.17. The van der Waals surface area contributed by atoms with Crippen molar-refractivity contribution >= 4 is 55.2 Å². The van der Waals surface area contributed by atoms with Crippen LogP contribution in [0, 0.1) is 0 Å². The molecule has 224 valence electrons. The van der Waals surface area contributed by atoms with Gasteiger partial charge >= 0.3 is 0 Å². The second kappa shape index (κ2) is 11.8. The zero-order chi connectivity index (χ0) is 31.9. The Hall–Kier alpha value is -6.24. The van der Waals surface area contributed by atoms with Crippen LogP contribution in [0.1, 0.15) is 11.1 Å². The predicted molar refractivity (Wildman–Crippen MR) is 208 cm³/mol. The lowest BCUT2D eigenvalue weighted by Gasteiger charge is -2.18. The van der Waals surface area contributed by atoms with Gasteiger partial charge in [0.25, 0.3) is 0 Å². The van der Waals surface area contributed by atoms with Gasteiger partial charge in [-0.25, -0.2) is 0 Å². The fourth-order valence-electron chi connectivity index (χ4n) is 7.39. The SMILES string of the molecule is C(=C\c1cccc2c(-c3ccc(-c4c5ccccc5c(-c5ccc6ccccc6c5)c5ccccc45)cc3)cccc12)/c1ccccc1. The van der Waals surface area contributed by atoms with Gasteiger partial charge < -0.3 is 0 Å². The molecule has 0 radical (unpaired) electrons. The van der Waals surface area contributed by atoms with E-state index in [4.69, 9.17) is 0 Å². The Morgan fingerprint density at radius 2 is 0.812 bits per heavy atom. The highest BCUT2D eigenvalue weighted by atomic mass is 14.2. The molecular weight excluding hydrogens is 577 g/mol. The molecule has 0 amide bonds. The number of rotatable bonds is 5. The molecule has 0 aliphatic heterocycles. The van der Waals surface area contributed by atoms with Crippen LogP contribution in [0.15, 0.2) is 182 Å². The van der Waals surface area contributed by atoms with Gasteiger partial charge in [-0.15, -0.1) is 0 Å². The Morgan fingerprint density at radius 1 is 0.292 bits per heavy atom. The molecule has 0 heteroatoms. The molecular formula is C48H32. The van der Waals surface area contributed by atoms with Crippen molar-refractivity contribution in [1.29, 1.82) is 0 Å². The Kier molecular flexibility index (Phi) is 6.91. The molecule has 0 bridgehead atoms. The second-order valence-corrected chi connectivity index (χ2v) is 12.5. The molecule has 0 aromatic heterocycles. The fraction of sp³-hybridized carbons (Fsp3) is 0. The van der Waals surface area contributed by atoms with Gasteiger partial charge in [0.05, 0.1) is 0 Å². The Bertz CT molecular complexity index is 2580. The molecule has 0 saturated heterocycles. The van der Waals surface area contributed by atoms with Gasteiger partial charge in [-0.3, -0.25) is 0 Å². The van der Waals surface area contributed by atoms with Crippen LogP contribution >= 0.6 is 0 Å². The lowest BCUT2D eigenvalue weighted by molar-refractivity contribution is 1.63. The lowest BCUT2D eigenvalue weighted by Crippen LogP contribution is -1.91. The van der Waals surface area contributed by atoms with E-state index in [1.54, 1.807) is 0 Å². The summed E-state index contributed by atoms with van der Waals surface area (Å²) in [7, 11) is 0. The zero-order valence-corrected chi connectivity index (χ0v) is 26.5. The van der Waals surface area contributed by atoms with E-state index in [2.05, 4.69) is 194 Å². The first-order valence-corrected chi connectivity index (χ1v) is 16.6. The molecule has 0 unspecified atom stereocenters. The fourth-order valence-corrected chi connectivity index (χ4v) is 7.39. The zero-order valence-electron chi connectivity index (χ0n) is 26.5. The molecule has 48 heavy (non-hydrogen) atoms. The smallest absolute Gasteiger partial charge is 0.00262 e. The van der Waals surface area contributed by atoms with E-state index in [0.717, 1.165) is 0 Å². The minimum absolute atomic E-state index is 1.20. The van der Waals surface area contributed by atoms with Gasteiger partial charge in [0.15, 0.2) is 0 Å². The van der Waals surface area contributed by atoms with E-state index in [9.17, 15) is 0 Å². The summed E-state index contributed by atoms with van der Waals surface area (Å²) in [6.07, 6.45) is 4.42. The quantitative estimate of drug-likeness (QED) is 0.135. The van der Waals surface area contributed by atoms with Crippen molar-refractivity contribution in [2.45, 2.75) is 0 Å². The van der Waals surface area contributed by atoms with E-state index in [0.29, 0.717) is 0 Å². The maximum Gasteiger partial charge on any atom is -0.00262 e. The molecule has 9 aromatic rings. The summed E-state index contributed by atoms with van der Waals surface area (Å²) in [6.45, 7) is 0. The van der Waals surface area contributed by atoms with Gasteiger partial charge in [0.1, 0.15) is 0 Å². The minimum atomic E-state index is 1.20. The predicted octanol–water partition coefficient (Wildman–Crippen LogP) is 13.5. The molecule has 9 aromatic carbocycles. The summed E-state index contributed by atoms with van der Waals surface area (Å²) in [5, 5.41) is 10.1. The first-order chi connectivity index (χ1) is 23.8. The van der Waals surface area contributed by atoms with Crippen LogP contribution < -0.4 is 0 Å². The molecule has 0 N–H and O–H groups in total. The maximum atomic E-state index is 2.34. The van der Waals surface area contributed by atoms with Gasteiger partial charge in [-0.2, -0.15) is 0 Å². The highest BCUT2D eigenvalue weighted by Crippen LogP contribution is 2.44. The van der Waals surface area contributed by atoms with Crippen molar-refractivity contribution < 1.29 is 0 Å². The van der Waals surface area contributed by atoms with Gasteiger partial charge in [-0.1, -0.05) is 188 Å². The van der Waals surface area contributed by atoms with Gasteiger partial charge in [0.2, 0.25) is 0 Å². The second-order valence-electron chi connectivity index (χ2n) is 12.5. The van der Waals surface area contributed by atoms with Crippen LogP contribution in [0.4, 0.5) is 0 Å². The molecule has 0 spiro atoms. The molecule has 9 rings (SSSR count). The van der Waals surface area contributed by atoms with Crippen LogP contribution in [-0.4, -0.2) is 0 Å². The number of benzene rings is 9. The van der Waals surface area contributed by atoms with Crippen LogP contribution in [0.3, 0.4) is 0 Å². The topological polar surface area (TPSA) is 0 Å². The molecule has 0 atom stereocenters. The van der Waals surface area contributed by atoms with Gasteiger partial charge in [0, 0.05) is 0 Å². The highest BCUT2D eigenvalue weighted by molar-refractivity contribution is 6.21. The lowest BCUT2D eigenvalue weighted by atomic mass is 9.85. The first-order valence-electron chi connectivity index (χ1n) is 16.6. The summed E-state index contributed by atoms with van der Waals surface area (Å²) in [5.41, 5.74) is 9.93. The number of hydrogen-bond donors (Lipinski definition) is 0. The summed E-state index contributed by atoms with van der Waals surface area (Å²) in [6, 6.07) is 66.2. The Morgan fingerprint density at radius 3 is 1.52 bits per heavy atom. The molecule has 0 fully saturated rings. The van der Waals surface area contributed by atoms with Crippen LogP contribution in [0.2, 0.25) is 0 Å². The average molecular weight is 609 g/mol. The maximum absolute atomic E-state index is 2.34.